The second-order valence-electron chi connectivity index (χ2n) is 5.28. The summed E-state index contributed by atoms with van der Waals surface area (Å²) >= 11 is 0. The van der Waals surface area contributed by atoms with Crippen molar-refractivity contribution in [3.63, 3.8) is 0 Å². The summed E-state index contributed by atoms with van der Waals surface area (Å²) in [6.45, 7) is 1.79. The summed E-state index contributed by atoms with van der Waals surface area (Å²) in [5, 5.41) is 18.4. The molecule has 1 aromatic carbocycles. The first kappa shape index (κ1) is 22.3. The Morgan fingerprint density at radius 2 is 1.52 bits per heavy atom. The van der Waals surface area contributed by atoms with Crippen molar-refractivity contribution >= 4 is 0 Å². The molecule has 0 spiro atoms. The zero-order valence-corrected chi connectivity index (χ0v) is 11.6. The van der Waals surface area contributed by atoms with E-state index in [4.69, 9.17) is 16.6 Å². The highest BCUT2D eigenvalue weighted by Gasteiger charge is 2.14. The van der Waals surface area contributed by atoms with Crippen LogP contribution in [0.3, 0.4) is 0 Å². The highest BCUT2D eigenvalue weighted by molar-refractivity contribution is 5.18. The zero-order valence-electron chi connectivity index (χ0n) is 11.6. The molecule has 0 heterocycles. The predicted molar refractivity (Wildman–Crippen MR) is 91.0 cm³/mol. The average molecular weight is 298 g/mol. The lowest BCUT2D eigenvalue weighted by atomic mass is 9.94. The van der Waals surface area contributed by atoms with Crippen LogP contribution in [0.5, 0.6) is 0 Å². The van der Waals surface area contributed by atoms with Crippen molar-refractivity contribution < 1.29 is 10.2 Å². The molecule has 124 valence electrons. The molecular formula is C17H34N2O2. The lowest BCUT2D eigenvalue weighted by Crippen LogP contribution is -2.28. The molecule has 6 N–H and O–H groups in total. The van der Waals surface area contributed by atoms with Crippen molar-refractivity contribution in [1.82, 2.24) is 0 Å². The third-order valence-corrected chi connectivity index (χ3v) is 3.38. The highest BCUT2D eigenvalue weighted by Crippen LogP contribution is 2.16. The maximum absolute atomic E-state index is 9.47. The van der Waals surface area contributed by atoms with Crippen molar-refractivity contribution in [2.75, 3.05) is 0 Å². The van der Waals surface area contributed by atoms with E-state index in [1.54, 1.807) is 6.92 Å². The summed E-state index contributed by atoms with van der Waals surface area (Å²) in [6.07, 6.45) is 3.20. The summed E-state index contributed by atoms with van der Waals surface area (Å²) in [4.78, 5) is 0. The molecule has 0 unspecified atom stereocenters. The minimum Gasteiger partial charge on any atom is -0.393 e. The Morgan fingerprint density at radius 3 is 1.90 bits per heavy atom. The molecule has 4 heteroatoms. The van der Waals surface area contributed by atoms with Gasteiger partial charge in [0.25, 0.3) is 0 Å². The Balaban J connectivity index is 0. The number of rotatable bonds is 2. The van der Waals surface area contributed by atoms with Crippen LogP contribution < -0.4 is 11.5 Å². The summed E-state index contributed by atoms with van der Waals surface area (Å²) in [6, 6.07) is 9.58. The van der Waals surface area contributed by atoms with E-state index in [2.05, 4.69) is 0 Å². The second kappa shape index (κ2) is 11.7. The first-order valence-electron chi connectivity index (χ1n) is 6.93. The molecule has 0 aromatic heterocycles. The Hall–Kier alpha value is -0.940. The Kier molecular flexibility index (Phi) is 12.4. The maximum atomic E-state index is 9.47. The van der Waals surface area contributed by atoms with E-state index in [1.165, 1.54) is 0 Å². The molecule has 2 rings (SSSR count). The molecule has 1 fully saturated rings. The van der Waals surface area contributed by atoms with Crippen molar-refractivity contribution in [3.05, 3.63) is 35.9 Å². The monoisotopic (exact) mass is 298 g/mol. The molecule has 4 nitrogen and oxygen atoms in total. The minimum atomic E-state index is -0.545. The van der Waals surface area contributed by atoms with Crippen LogP contribution in [0.1, 0.15) is 59.1 Å². The van der Waals surface area contributed by atoms with Gasteiger partial charge < -0.3 is 21.7 Å². The second-order valence-corrected chi connectivity index (χ2v) is 5.28. The normalized spacial score (nSPS) is 23.5. The number of hydrogen-bond donors (Lipinski definition) is 4. The number of nitrogens with two attached hydrogens (primary N) is 2. The van der Waals surface area contributed by atoms with Crippen molar-refractivity contribution in [3.8, 4) is 0 Å². The molecule has 0 amide bonds. The van der Waals surface area contributed by atoms with Gasteiger partial charge in [-0.15, -0.1) is 0 Å². The molecule has 1 aliphatic carbocycles. The lowest BCUT2D eigenvalue weighted by molar-refractivity contribution is 0.123. The molecule has 2 atom stereocenters. The topological polar surface area (TPSA) is 92.5 Å². The van der Waals surface area contributed by atoms with Crippen LogP contribution >= 0.6 is 0 Å². The third-order valence-electron chi connectivity index (χ3n) is 3.38. The lowest BCUT2D eigenvalue weighted by Gasteiger charge is -2.21. The standard InChI is InChI=1S/C9H13NO.C6H13NO.2CH4/c1-7(10)9(11)8-5-3-2-4-6-8;7-5-1-3-6(8)4-2-5;;/h2-7,9,11H,10H2,1H3;5-6,8H,1-4,7H2;2*1H4/t7-,9-;;;/m1.../s1. The van der Waals surface area contributed by atoms with Gasteiger partial charge in [-0.1, -0.05) is 45.2 Å². The fourth-order valence-electron chi connectivity index (χ4n) is 2.06. The fraction of sp³-hybridized carbons (Fsp3) is 0.647. The average Bonchev–Trinajstić information content (AvgIpc) is 2.43. The third kappa shape index (κ3) is 8.83. The van der Waals surface area contributed by atoms with E-state index < -0.39 is 6.10 Å². The van der Waals surface area contributed by atoms with E-state index in [0.717, 1.165) is 31.2 Å². The van der Waals surface area contributed by atoms with Gasteiger partial charge in [0.05, 0.1) is 12.2 Å². The SMILES string of the molecule is C.C.C[C@@H](N)[C@@H](O)c1ccccc1.NC1CCC(O)CC1. The molecule has 1 aliphatic rings. The molecule has 1 aromatic rings. The molecular weight excluding hydrogens is 264 g/mol. The van der Waals surface area contributed by atoms with Gasteiger partial charge in [0.2, 0.25) is 0 Å². The fourth-order valence-corrected chi connectivity index (χ4v) is 2.06. The van der Waals surface area contributed by atoms with Crippen molar-refractivity contribution in [1.29, 1.82) is 0 Å². The van der Waals surface area contributed by atoms with E-state index >= 15 is 0 Å². The molecule has 0 aliphatic heterocycles. The van der Waals surface area contributed by atoms with E-state index in [0.29, 0.717) is 6.04 Å². The van der Waals surface area contributed by atoms with Crippen LogP contribution in [0.4, 0.5) is 0 Å². The van der Waals surface area contributed by atoms with E-state index in [-0.39, 0.29) is 27.0 Å². The van der Waals surface area contributed by atoms with Gasteiger partial charge in [0.15, 0.2) is 0 Å². The largest absolute Gasteiger partial charge is 0.393 e. The Morgan fingerprint density at radius 1 is 1.05 bits per heavy atom. The van der Waals surface area contributed by atoms with Gasteiger partial charge in [-0.2, -0.15) is 0 Å². The van der Waals surface area contributed by atoms with Gasteiger partial charge >= 0.3 is 0 Å². The van der Waals surface area contributed by atoms with Gasteiger partial charge in [0, 0.05) is 12.1 Å². The Labute approximate surface area is 130 Å². The molecule has 21 heavy (non-hydrogen) atoms. The van der Waals surface area contributed by atoms with Crippen molar-refractivity contribution in [2.45, 2.75) is 71.8 Å². The van der Waals surface area contributed by atoms with Crippen LogP contribution in [-0.2, 0) is 0 Å². The maximum Gasteiger partial charge on any atom is 0.0938 e. The molecule has 0 radical (unpaired) electrons. The van der Waals surface area contributed by atoms with E-state index in [9.17, 15) is 5.11 Å². The zero-order chi connectivity index (χ0) is 14.3. The number of hydrogen-bond acceptors (Lipinski definition) is 4. The van der Waals surface area contributed by atoms with Crippen LogP contribution in [-0.4, -0.2) is 28.4 Å². The van der Waals surface area contributed by atoms with Gasteiger partial charge in [0.1, 0.15) is 0 Å². The van der Waals surface area contributed by atoms with Crippen LogP contribution in [0.15, 0.2) is 30.3 Å². The van der Waals surface area contributed by atoms with Gasteiger partial charge in [-0.05, 0) is 38.2 Å². The molecule has 1 saturated carbocycles. The minimum absolute atomic E-state index is 0. The number of aliphatic hydroxyl groups is 2. The summed E-state index contributed by atoms with van der Waals surface area (Å²) in [5.74, 6) is 0. The summed E-state index contributed by atoms with van der Waals surface area (Å²) in [5.41, 5.74) is 12.0. The summed E-state index contributed by atoms with van der Waals surface area (Å²) < 4.78 is 0. The first-order chi connectivity index (χ1) is 9.00. The number of benzene rings is 1. The smallest absolute Gasteiger partial charge is 0.0938 e. The van der Waals surface area contributed by atoms with Crippen LogP contribution in [0.25, 0.3) is 0 Å². The summed E-state index contributed by atoms with van der Waals surface area (Å²) in [7, 11) is 0. The molecule has 0 bridgehead atoms. The molecule has 0 saturated heterocycles. The van der Waals surface area contributed by atoms with Crippen LogP contribution in [0.2, 0.25) is 0 Å². The highest BCUT2D eigenvalue weighted by atomic mass is 16.3. The predicted octanol–water partition coefficient (Wildman–Crippen LogP) is 2.59. The van der Waals surface area contributed by atoms with E-state index in [1.807, 2.05) is 30.3 Å². The quantitative estimate of drug-likeness (QED) is 0.675. The number of aliphatic hydroxyl groups excluding tert-OH is 2. The van der Waals surface area contributed by atoms with Gasteiger partial charge in [-0.3, -0.25) is 0 Å². The first-order valence-corrected chi connectivity index (χ1v) is 6.93. The van der Waals surface area contributed by atoms with Gasteiger partial charge in [-0.25, -0.2) is 0 Å². The van der Waals surface area contributed by atoms with Crippen molar-refractivity contribution in [2.24, 2.45) is 11.5 Å². The Bertz CT molecular complexity index is 326. The van der Waals surface area contributed by atoms with Crippen LogP contribution in [0, 0.1) is 0 Å².